The number of hydrogen-bond donors (Lipinski definition) is 0. The second-order valence-corrected chi connectivity index (χ2v) is 7.87. The number of benzene rings is 1. The van der Waals surface area contributed by atoms with E-state index in [1.54, 1.807) is 0 Å². The van der Waals surface area contributed by atoms with E-state index >= 15 is 0 Å². The highest BCUT2D eigenvalue weighted by Gasteiger charge is 2.16. The topological polar surface area (TPSA) is 39.0 Å². The normalized spacial score (nSPS) is 17.3. The maximum Gasteiger partial charge on any atom is 0.140 e. The first kappa shape index (κ1) is 19.0. The summed E-state index contributed by atoms with van der Waals surface area (Å²) in [7, 11) is 2.18. The number of pyridine rings is 1. The Morgan fingerprint density at radius 2 is 2.11 bits per heavy atom. The van der Waals surface area contributed by atoms with Gasteiger partial charge in [-0.1, -0.05) is 18.2 Å². The molecule has 0 aliphatic carbocycles. The molecule has 1 unspecified atom stereocenters. The van der Waals surface area contributed by atoms with Gasteiger partial charge in [0.05, 0.1) is 12.3 Å². The summed E-state index contributed by atoms with van der Waals surface area (Å²) in [5.41, 5.74) is 4.40. The molecule has 0 saturated carbocycles. The lowest BCUT2D eigenvalue weighted by Gasteiger charge is -2.27. The average molecular weight is 380 g/mol. The van der Waals surface area contributed by atoms with Crippen LogP contribution in [0.15, 0.2) is 48.8 Å². The first-order valence-corrected chi connectivity index (χ1v) is 10.1. The zero-order chi connectivity index (χ0) is 19.3. The van der Waals surface area contributed by atoms with Crippen LogP contribution in [0.3, 0.4) is 0 Å². The summed E-state index contributed by atoms with van der Waals surface area (Å²) >= 11 is 0. The van der Waals surface area contributed by atoms with E-state index < -0.39 is 0 Å². The lowest BCUT2D eigenvalue weighted by Crippen LogP contribution is -2.30. The minimum Gasteiger partial charge on any atom is -0.487 e. The molecule has 5 nitrogen and oxygen atoms in total. The summed E-state index contributed by atoms with van der Waals surface area (Å²) in [6.45, 7) is 6.41. The molecule has 3 aromatic rings. The third kappa shape index (κ3) is 4.72. The predicted octanol–water partition coefficient (Wildman–Crippen LogP) is 4.08. The Morgan fingerprint density at radius 1 is 1.25 bits per heavy atom. The molecule has 4 rings (SSSR count). The van der Waals surface area contributed by atoms with Crippen LogP contribution in [0, 0.1) is 12.8 Å². The van der Waals surface area contributed by atoms with Crippen LogP contribution in [-0.2, 0) is 17.9 Å². The monoisotopic (exact) mass is 379 g/mol. The Kier molecular flexibility index (Phi) is 5.93. The van der Waals surface area contributed by atoms with E-state index in [2.05, 4.69) is 42.1 Å². The summed E-state index contributed by atoms with van der Waals surface area (Å²) in [5, 5.41) is 0. The molecule has 2 aromatic heterocycles. The molecule has 1 aliphatic rings. The van der Waals surface area contributed by atoms with E-state index in [0.29, 0.717) is 12.5 Å². The first-order chi connectivity index (χ1) is 13.7. The van der Waals surface area contributed by atoms with Crippen LogP contribution in [0.4, 0.5) is 0 Å². The van der Waals surface area contributed by atoms with Gasteiger partial charge in [-0.25, -0.2) is 4.98 Å². The number of hydrogen-bond acceptors (Lipinski definition) is 4. The number of ether oxygens (including phenoxy) is 2. The van der Waals surface area contributed by atoms with Crippen molar-refractivity contribution in [1.29, 1.82) is 0 Å². The molecule has 1 fully saturated rings. The van der Waals surface area contributed by atoms with Crippen molar-refractivity contribution in [3.05, 3.63) is 65.6 Å². The van der Waals surface area contributed by atoms with Crippen LogP contribution in [0.25, 0.3) is 5.65 Å². The fourth-order valence-corrected chi connectivity index (χ4v) is 3.89. The lowest BCUT2D eigenvalue weighted by molar-refractivity contribution is 0.0411. The summed E-state index contributed by atoms with van der Waals surface area (Å²) in [4.78, 5) is 7.04. The molecule has 0 N–H and O–H groups in total. The van der Waals surface area contributed by atoms with Crippen LogP contribution in [-0.4, -0.2) is 41.1 Å². The zero-order valence-electron chi connectivity index (χ0n) is 16.8. The van der Waals surface area contributed by atoms with Gasteiger partial charge in [-0.15, -0.1) is 0 Å². The Labute approximate surface area is 166 Å². The van der Waals surface area contributed by atoms with Gasteiger partial charge in [0.25, 0.3) is 0 Å². The Balaban J connectivity index is 1.29. The summed E-state index contributed by atoms with van der Waals surface area (Å²) < 4.78 is 13.6. The molecule has 28 heavy (non-hydrogen) atoms. The van der Waals surface area contributed by atoms with E-state index in [4.69, 9.17) is 9.47 Å². The minimum absolute atomic E-state index is 0.474. The molecule has 3 heterocycles. The third-order valence-corrected chi connectivity index (χ3v) is 5.31. The van der Waals surface area contributed by atoms with Crippen molar-refractivity contribution in [3.63, 3.8) is 0 Å². The van der Waals surface area contributed by atoms with Gasteiger partial charge in [0.2, 0.25) is 0 Å². The number of aryl methyl sites for hydroxylation is 1. The van der Waals surface area contributed by atoms with Crippen molar-refractivity contribution < 1.29 is 9.47 Å². The lowest BCUT2D eigenvalue weighted by atomic mass is 10.0. The Hall–Kier alpha value is -2.37. The van der Waals surface area contributed by atoms with Gasteiger partial charge in [-0.2, -0.15) is 0 Å². The first-order valence-electron chi connectivity index (χ1n) is 10.1. The van der Waals surface area contributed by atoms with Crippen molar-refractivity contribution in [1.82, 2.24) is 14.3 Å². The quantitative estimate of drug-likeness (QED) is 0.620. The highest BCUT2D eigenvalue weighted by molar-refractivity contribution is 5.47. The third-order valence-electron chi connectivity index (χ3n) is 5.31. The van der Waals surface area contributed by atoms with Crippen LogP contribution in [0.5, 0.6) is 5.75 Å². The minimum atomic E-state index is 0.474. The maximum atomic E-state index is 5.94. The van der Waals surface area contributed by atoms with E-state index in [9.17, 15) is 0 Å². The molecule has 5 heteroatoms. The Bertz CT molecular complexity index is 898. The van der Waals surface area contributed by atoms with Crippen LogP contribution < -0.4 is 4.74 Å². The maximum absolute atomic E-state index is 5.94. The van der Waals surface area contributed by atoms with Gasteiger partial charge in [-0.05, 0) is 62.1 Å². The van der Waals surface area contributed by atoms with Crippen molar-refractivity contribution in [2.75, 3.05) is 26.8 Å². The number of nitrogens with zero attached hydrogens (tertiary/aromatic N) is 3. The molecular weight excluding hydrogens is 350 g/mol. The molecule has 0 spiro atoms. The van der Waals surface area contributed by atoms with Crippen LogP contribution >= 0.6 is 0 Å². The average Bonchev–Trinajstić information content (AvgIpc) is 3.13. The molecule has 0 radical (unpaired) electrons. The highest BCUT2D eigenvalue weighted by atomic mass is 16.5. The predicted molar refractivity (Wildman–Crippen MR) is 111 cm³/mol. The van der Waals surface area contributed by atoms with Gasteiger partial charge in [0.1, 0.15) is 18.0 Å². The number of fused-ring (bicyclic) bond motifs is 1. The van der Waals surface area contributed by atoms with Crippen LogP contribution in [0.2, 0.25) is 0 Å². The molecule has 0 amide bonds. The van der Waals surface area contributed by atoms with E-state index in [1.807, 2.05) is 35.0 Å². The molecule has 1 saturated heterocycles. The smallest absolute Gasteiger partial charge is 0.140 e. The second-order valence-electron chi connectivity index (χ2n) is 7.87. The van der Waals surface area contributed by atoms with Crippen LogP contribution in [0.1, 0.15) is 29.7 Å². The SMILES string of the molecule is Cc1cccn2cc(COc3ccc(CN(C)CC4CCCOC4)cc3)nc12. The number of rotatable bonds is 7. The van der Waals surface area contributed by atoms with Crippen molar-refractivity contribution in [2.45, 2.75) is 32.9 Å². The molecular formula is C23H29N3O2. The zero-order valence-corrected chi connectivity index (χ0v) is 16.8. The van der Waals surface area contributed by atoms with Crippen molar-refractivity contribution in [2.24, 2.45) is 5.92 Å². The highest BCUT2D eigenvalue weighted by Crippen LogP contribution is 2.18. The van der Waals surface area contributed by atoms with E-state index in [0.717, 1.165) is 43.4 Å². The summed E-state index contributed by atoms with van der Waals surface area (Å²) in [6.07, 6.45) is 6.51. The standard InChI is InChI=1S/C23H29N3O2/c1-18-5-3-11-26-15-21(24-23(18)26)17-28-22-9-7-19(8-10-22)13-25(2)14-20-6-4-12-27-16-20/h3,5,7-11,15,20H,4,6,12-14,16-17H2,1-2H3. The molecule has 1 aliphatic heterocycles. The second kappa shape index (κ2) is 8.76. The van der Waals surface area contributed by atoms with E-state index in [1.165, 1.54) is 24.0 Å². The largest absolute Gasteiger partial charge is 0.487 e. The molecule has 148 valence electrons. The van der Waals surface area contributed by atoms with Gasteiger partial charge < -0.3 is 18.8 Å². The van der Waals surface area contributed by atoms with Gasteiger partial charge >= 0.3 is 0 Å². The molecule has 1 aromatic carbocycles. The van der Waals surface area contributed by atoms with Crippen molar-refractivity contribution >= 4 is 5.65 Å². The summed E-state index contributed by atoms with van der Waals surface area (Å²) in [5.74, 6) is 1.54. The van der Waals surface area contributed by atoms with E-state index in [-0.39, 0.29) is 0 Å². The van der Waals surface area contributed by atoms with Crippen molar-refractivity contribution in [3.8, 4) is 5.75 Å². The van der Waals surface area contributed by atoms with Gasteiger partial charge in [0, 0.05) is 32.1 Å². The molecule has 0 bridgehead atoms. The fourth-order valence-electron chi connectivity index (χ4n) is 3.89. The fraction of sp³-hybridized carbons (Fsp3) is 0.435. The van der Waals surface area contributed by atoms with Gasteiger partial charge in [0.15, 0.2) is 0 Å². The molecule has 1 atom stereocenters. The summed E-state index contributed by atoms with van der Waals surface area (Å²) in [6, 6.07) is 12.5. The Morgan fingerprint density at radius 3 is 2.86 bits per heavy atom. The van der Waals surface area contributed by atoms with Gasteiger partial charge in [-0.3, -0.25) is 0 Å². The number of imidazole rings is 1. The number of aromatic nitrogens is 2.